The number of carbonyl (C=O) groups is 1. The molecular formula is C16H20FN3O3. The number of methoxy groups -OCH3 is 1. The van der Waals surface area contributed by atoms with Gasteiger partial charge in [0, 0.05) is 24.2 Å². The molecule has 0 fully saturated rings. The Balaban J connectivity index is 1.86. The van der Waals surface area contributed by atoms with Crippen LogP contribution in [-0.4, -0.2) is 18.3 Å². The number of urea groups is 1. The highest BCUT2D eigenvalue weighted by molar-refractivity contribution is 5.89. The third-order valence-corrected chi connectivity index (χ3v) is 3.06. The summed E-state index contributed by atoms with van der Waals surface area (Å²) in [6.07, 6.45) is 0.800. The van der Waals surface area contributed by atoms with Crippen LogP contribution < -0.4 is 15.4 Å². The normalized spacial score (nSPS) is 10.7. The quantitative estimate of drug-likeness (QED) is 0.855. The maximum Gasteiger partial charge on any atom is 0.319 e. The van der Waals surface area contributed by atoms with Crippen LogP contribution in [0.1, 0.15) is 25.3 Å². The lowest BCUT2D eigenvalue weighted by molar-refractivity contribution is 0.251. The Morgan fingerprint density at radius 2 is 2.17 bits per heavy atom. The molecule has 1 aromatic carbocycles. The molecule has 0 aliphatic rings. The van der Waals surface area contributed by atoms with E-state index in [0.717, 1.165) is 12.2 Å². The van der Waals surface area contributed by atoms with E-state index in [4.69, 9.17) is 9.26 Å². The molecule has 0 saturated heterocycles. The van der Waals surface area contributed by atoms with Crippen molar-refractivity contribution in [1.29, 1.82) is 0 Å². The molecule has 0 aliphatic carbocycles. The molecule has 0 saturated carbocycles. The number of halogens is 1. The summed E-state index contributed by atoms with van der Waals surface area (Å²) in [5, 5.41) is 9.16. The number of benzene rings is 1. The van der Waals surface area contributed by atoms with Gasteiger partial charge in [0.1, 0.15) is 11.5 Å². The second-order valence-corrected chi connectivity index (χ2v) is 5.54. The Morgan fingerprint density at radius 1 is 1.39 bits per heavy atom. The molecule has 0 unspecified atom stereocenters. The van der Waals surface area contributed by atoms with Crippen molar-refractivity contribution in [1.82, 2.24) is 10.5 Å². The van der Waals surface area contributed by atoms with Crippen molar-refractivity contribution in [2.24, 2.45) is 5.92 Å². The van der Waals surface area contributed by atoms with E-state index in [0.29, 0.717) is 17.3 Å². The smallest absolute Gasteiger partial charge is 0.319 e. The number of nitrogens with zero attached hydrogens (tertiary/aromatic N) is 1. The van der Waals surface area contributed by atoms with Gasteiger partial charge in [-0.05, 0) is 18.1 Å². The number of anilines is 1. The zero-order chi connectivity index (χ0) is 16.8. The van der Waals surface area contributed by atoms with E-state index in [9.17, 15) is 9.18 Å². The molecule has 6 nitrogen and oxygen atoms in total. The van der Waals surface area contributed by atoms with Crippen LogP contribution in [0.4, 0.5) is 14.9 Å². The predicted octanol–water partition coefficient (Wildman–Crippen LogP) is 3.34. The molecule has 0 bridgehead atoms. The van der Waals surface area contributed by atoms with Crippen molar-refractivity contribution in [3.05, 3.63) is 41.5 Å². The number of ether oxygens (including phenoxy) is 1. The standard InChI is InChI=1S/C16H20FN3O3/c1-10(2)6-13-7-12(20-23-13)9-18-16(21)19-11-4-5-14(17)15(8-11)22-3/h4-5,7-8,10H,6,9H2,1-3H3,(H2,18,19,21). The van der Waals surface area contributed by atoms with Gasteiger partial charge in [-0.15, -0.1) is 0 Å². The second kappa shape index (κ2) is 7.62. The minimum absolute atomic E-state index is 0.0672. The number of hydrogen-bond donors (Lipinski definition) is 2. The molecule has 0 atom stereocenters. The fraction of sp³-hybridized carbons (Fsp3) is 0.375. The number of aromatic nitrogens is 1. The maximum atomic E-state index is 13.3. The molecule has 1 heterocycles. The van der Waals surface area contributed by atoms with Crippen LogP contribution in [0.15, 0.2) is 28.8 Å². The van der Waals surface area contributed by atoms with Gasteiger partial charge in [-0.1, -0.05) is 19.0 Å². The minimum Gasteiger partial charge on any atom is -0.494 e. The molecule has 0 aliphatic heterocycles. The van der Waals surface area contributed by atoms with Crippen molar-refractivity contribution in [3.63, 3.8) is 0 Å². The van der Waals surface area contributed by atoms with Gasteiger partial charge >= 0.3 is 6.03 Å². The molecular weight excluding hydrogens is 301 g/mol. The van der Waals surface area contributed by atoms with Crippen molar-refractivity contribution < 1.29 is 18.4 Å². The van der Waals surface area contributed by atoms with Crippen LogP contribution in [0.5, 0.6) is 5.75 Å². The Bertz CT molecular complexity index is 670. The lowest BCUT2D eigenvalue weighted by Crippen LogP contribution is -2.28. The fourth-order valence-corrected chi connectivity index (χ4v) is 2.02. The van der Waals surface area contributed by atoms with Gasteiger partial charge in [0.15, 0.2) is 11.6 Å². The zero-order valence-electron chi connectivity index (χ0n) is 13.4. The van der Waals surface area contributed by atoms with E-state index in [2.05, 4.69) is 29.6 Å². The summed E-state index contributed by atoms with van der Waals surface area (Å²) >= 11 is 0. The molecule has 2 amide bonds. The van der Waals surface area contributed by atoms with Crippen LogP contribution in [0, 0.1) is 11.7 Å². The first-order chi connectivity index (χ1) is 11.0. The molecule has 0 spiro atoms. The lowest BCUT2D eigenvalue weighted by atomic mass is 10.1. The molecule has 2 rings (SSSR count). The van der Waals surface area contributed by atoms with Gasteiger partial charge in [0.05, 0.1) is 13.7 Å². The molecule has 7 heteroatoms. The summed E-state index contributed by atoms with van der Waals surface area (Å²) in [7, 11) is 1.36. The Hall–Kier alpha value is -2.57. The highest BCUT2D eigenvalue weighted by Gasteiger charge is 2.09. The van der Waals surface area contributed by atoms with Crippen LogP contribution in [0.25, 0.3) is 0 Å². The molecule has 1 aromatic heterocycles. The monoisotopic (exact) mass is 321 g/mol. The average Bonchev–Trinajstić information content (AvgIpc) is 2.94. The number of nitrogens with one attached hydrogen (secondary N) is 2. The topological polar surface area (TPSA) is 76.4 Å². The first-order valence-electron chi connectivity index (χ1n) is 7.30. The first kappa shape index (κ1) is 16.8. The van der Waals surface area contributed by atoms with Gasteiger partial charge < -0.3 is 19.9 Å². The van der Waals surface area contributed by atoms with Gasteiger partial charge in [0.2, 0.25) is 0 Å². The number of carbonyl (C=O) groups excluding carboxylic acids is 1. The Morgan fingerprint density at radius 3 is 2.87 bits per heavy atom. The predicted molar refractivity (Wildman–Crippen MR) is 83.9 cm³/mol. The Labute approximate surface area is 134 Å². The summed E-state index contributed by atoms with van der Waals surface area (Å²) in [6, 6.07) is 5.48. The highest BCUT2D eigenvalue weighted by atomic mass is 19.1. The number of amides is 2. The SMILES string of the molecule is COc1cc(NC(=O)NCc2cc(CC(C)C)on2)ccc1F. The average molecular weight is 321 g/mol. The maximum absolute atomic E-state index is 13.3. The zero-order valence-corrected chi connectivity index (χ0v) is 13.4. The van der Waals surface area contributed by atoms with Crippen molar-refractivity contribution in [3.8, 4) is 5.75 Å². The van der Waals surface area contributed by atoms with E-state index in [-0.39, 0.29) is 12.3 Å². The molecule has 2 N–H and O–H groups in total. The van der Waals surface area contributed by atoms with Crippen LogP contribution in [0.3, 0.4) is 0 Å². The van der Waals surface area contributed by atoms with E-state index in [1.807, 2.05) is 6.07 Å². The van der Waals surface area contributed by atoms with E-state index >= 15 is 0 Å². The van der Waals surface area contributed by atoms with Crippen LogP contribution in [0.2, 0.25) is 0 Å². The molecule has 23 heavy (non-hydrogen) atoms. The fourth-order valence-electron chi connectivity index (χ4n) is 2.02. The summed E-state index contributed by atoms with van der Waals surface area (Å²) < 4.78 is 23.3. The second-order valence-electron chi connectivity index (χ2n) is 5.54. The highest BCUT2D eigenvalue weighted by Crippen LogP contribution is 2.21. The summed E-state index contributed by atoms with van der Waals surface area (Å²) in [6.45, 7) is 4.42. The van der Waals surface area contributed by atoms with Crippen molar-refractivity contribution in [2.45, 2.75) is 26.8 Å². The summed E-state index contributed by atoms with van der Waals surface area (Å²) in [4.78, 5) is 11.8. The van der Waals surface area contributed by atoms with Gasteiger partial charge in [-0.3, -0.25) is 0 Å². The summed E-state index contributed by atoms with van der Waals surface area (Å²) in [5.74, 6) is 0.845. The third kappa shape index (κ3) is 4.98. The Kier molecular flexibility index (Phi) is 5.56. The van der Waals surface area contributed by atoms with E-state index in [1.54, 1.807) is 0 Å². The first-order valence-corrected chi connectivity index (χ1v) is 7.30. The van der Waals surface area contributed by atoms with Gasteiger partial charge in [-0.25, -0.2) is 9.18 Å². The van der Waals surface area contributed by atoms with Gasteiger partial charge in [-0.2, -0.15) is 0 Å². The lowest BCUT2D eigenvalue weighted by Gasteiger charge is -2.08. The largest absolute Gasteiger partial charge is 0.494 e. The minimum atomic E-state index is -0.487. The summed E-state index contributed by atoms with van der Waals surface area (Å²) in [5.41, 5.74) is 1.08. The molecule has 124 valence electrons. The van der Waals surface area contributed by atoms with Crippen LogP contribution >= 0.6 is 0 Å². The third-order valence-electron chi connectivity index (χ3n) is 3.06. The van der Waals surface area contributed by atoms with E-state index < -0.39 is 11.8 Å². The number of hydrogen-bond acceptors (Lipinski definition) is 4. The van der Waals surface area contributed by atoms with Crippen molar-refractivity contribution >= 4 is 11.7 Å². The van der Waals surface area contributed by atoms with Gasteiger partial charge in [0.25, 0.3) is 0 Å². The van der Waals surface area contributed by atoms with E-state index in [1.165, 1.54) is 25.3 Å². The molecule has 0 radical (unpaired) electrons. The number of rotatable bonds is 6. The van der Waals surface area contributed by atoms with Crippen LogP contribution in [-0.2, 0) is 13.0 Å². The van der Waals surface area contributed by atoms with Crippen molar-refractivity contribution in [2.75, 3.05) is 12.4 Å². The molecule has 2 aromatic rings.